The Morgan fingerprint density at radius 2 is 2.25 bits per heavy atom. The molecule has 0 saturated carbocycles. The second-order valence-electron chi connectivity index (χ2n) is 4.11. The molecule has 1 aromatic rings. The van der Waals surface area contributed by atoms with Crippen molar-refractivity contribution in [2.75, 3.05) is 20.3 Å². The van der Waals surface area contributed by atoms with Gasteiger partial charge in [0.05, 0.1) is 19.6 Å². The van der Waals surface area contributed by atoms with E-state index in [1.54, 1.807) is 13.3 Å². The number of hydrogen-bond acceptors (Lipinski definition) is 5. The number of benzene rings is 1. The lowest BCUT2D eigenvalue weighted by molar-refractivity contribution is -0.138. The van der Waals surface area contributed by atoms with Gasteiger partial charge < -0.3 is 15.7 Å². The van der Waals surface area contributed by atoms with Crippen LogP contribution < -0.4 is 5.84 Å². The number of nitrogens with two attached hydrogens (primary N) is 1. The molecule has 0 amide bonds. The summed E-state index contributed by atoms with van der Waals surface area (Å²) < 4.78 is 5.26. The molecule has 108 valence electrons. The van der Waals surface area contributed by atoms with Crippen LogP contribution in [-0.4, -0.2) is 43.3 Å². The van der Waals surface area contributed by atoms with E-state index in [2.05, 4.69) is 10.1 Å². The summed E-state index contributed by atoms with van der Waals surface area (Å²) in [7, 11) is 1.66. The average Bonchev–Trinajstić information content (AvgIpc) is 2.44. The van der Waals surface area contributed by atoms with Gasteiger partial charge in [0.15, 0.2) is 0 Å². The molecule has 0 saturated heterocycles. The van der Waals surface area contributed by atoms with Gasteiger partial charge in [-0.05, 0) is 18.1 Å². The molecule has 0 radical (unpaired) electrons. The molecular formula is C14H19N3O3. The van der Waals surface area contributed by atoms with Gasteiger partial charge in [0.2, 0.25) is 0 Å². The van der Waals surface area contributed by atoms with Crippen LogP contribution in [0.15, 0.2) is 34.4 Å². The maximum absolute atomic E-state index is 10.3. The van der Waals surface area contributed by atoms with E-state index in [0.717, 1.165) is 11.1 Å². The van der Waals surface area contributed by atoms with E-state index >= 15 is 0 Å². The summed E-state index contributed by atoms with van der Waals surface area (Å²) in [4.78, 5) is 14.2. The first-order valence-corrected chi connectivity index (χ1v) is 6.26. The Kier molecular flexibility index (Phi) is 6.99. The zero-order valence-electron chi connectivity index (χ0n) is 11.5. The van der Waals surface area contributed by atoms with Crippen LogP contribution in [0.5, 0.6) is 0 Å². The van der Waals surface area contributed by atoms with Crippen molar-refractivity contribution in [2.24, 2.45) is 15.9 Å². The number of hydrogen-bond donors (Lipinski definition) is 2. The van der Waals surface area contributed by atoms with E-state index in [-0.39, 0.29) is 13.0 Å². The lowest BCUT2D eigenvalue weighted by Crippen LogP contribution is -2.08. The van der Waals surface area contributed by atoms with Crippen LogP contribution in [-0.2, 0) is 16.0 Å². The monoisotopic (exact) mass is 277 g/mol. The van der Waals surface area contributed by atoms with Crippen LogP contribution >= 0.6 is 0 Å². The van der Waals surface area contributed by atoms with Crippen LogP contribution in [0.4, 0.5) is 0 Å². The van der Waals surface area contributed by atoms with Gasteiger partial charge in [-0.15, -0.1) is 0 Å². The predicted molar refractivity (Wildman–Crippen MR) is 78.4 cm³/mol. The molecule has 0 aliphatic heterocycles. The molecule has 0 atom stereocenters. The van der Waals surface area contributed by atoms with Crippen LogP contribution in [0.2, 0.25) is 0 Å². The SMILES string of the molecule is CN=CC(=NN)c1cccc(CCOCCC(=O)O)c1. The van der Waals surface area contributed by atoms with Crippen molar-refractivity contribution in [1.29, 1.82) is 0 Å². The highest BCUT2D eigenvalue weighted by Crippen LogP contribution is 2.07. The van der Waals surface area contributed by atoms with Gasteiger partial charge in [0, 0.05) is 18.8 Å². The number of carbonyl (C=O) groups is 1. The van der Waals surface area contributed by atoms with E-state index in [0.29, 0.717) is 18.7 Å². The second-order valence-corrected chi connectivity index (χ2v) is 4.11. The molecule has 0 aliphatic rings. The predicted octanol–water partition coefficient (Wildman–Crippen LogP) is 1.08. The van der Waals surface area contributed by atoms with Crippen LogP contribution in [0.25, 0.3) is 0 Å². The van der Waals surface area contributed by atoms with Crippen LogP contribution in [0.3, 0.4) is 0 Å². The molecule has 1 rings (SSSR count). The molecule has 0 aliphatic carbocycles. The van der Waals surface area contributed by atoms with E-state index in [1.807, 2.05) is 24.3 Å². The number of carboxylic acids is 1. The molecule has 0 unspecified atom stereocenters. The van der Waals surface area contributed by atoms with Gasteiger partial charge in [-0.1, -0.05) is 18.2 Å². The topological polar surface area (TPSA) is 97.3 Å². The standard InChI is InChI=1S/C14H19N3O3/c1-16-10-13(17-15)12-4-2-3-11(9-12)5-7-20-8-6-14(18)19/h2-4,9-10H,5-8,15H2,1H3,(H,18,19). The van der Waals surface area contributed by atoms with Crippen molar-refractivity contribution >= 4 is 17.9 Å². The van der Waals surface area contributed by atoms with Crippen LogP contribution in [0.1, 0.15) is 17.5 Å². The maximum atomic E-state index is 10.3. The van der Waals surface area contributed by atoms with Crippen LogP contribution in [0, 0.1) is 0 Å². The summed E-state index contributed by atoms with van der Waals surface area (Å²) in [5.74, 6) is 4.47. The molecule has 6 nitrogen and oxygen atoms in total. The third kappa shape index (κ3) is 5.62. The Labute approximate surface area is 118 Å². The largest absolute Gasteiger partial charge is 0.481 e. The summed E-state index contributed by atoms with van der Waals surface area (Å²) in [5.41, 5.74) is 2.57. The molecule has 0 aromatic heterocycles. The molecule has 3 N–H and O–H groups in total. The number of carboxylic acid groups (broad SMARTS) is 1. The molecule has 0 fully saturated rings. The fraction of sp³-hybridized carbons (Fsp3) is 0.357. The number of nitrogens with zero attached hydrogens (tertiary/aromatic N) is 2. The van der Waals surface area contributed by atoms with Gasteiger partial charge in [-0.25, -0.2) is 0 Å². The van der Waals surface area contributed by atoms with Crippen molar-refractivity contribution in [3.8, 4) is 0 Å². The zero-order chi connectivity index (χ0) is 14.8. The molecule has 0 spiro atoms. The van der Waals surface area contributed by atoms with Crippen molar-refractivity contribution in [3.05, 3.63) is 35.4 Å². The summed E-state index contributed by atoms with van der Waals surface area (Å²) in [6.07, 6.45) is 2.33. The highest BCUT2D eigenvalue weighted by atomic mass is 16.5. The van der Waals surface area contributed by atoms with Crippen molar-refractivity contribution < 1.29 is 14.6 Å². The smallest absolute Gasteiger partial charge is 0.305 e. The van der Waals surface area contributed by atoms with Crippen molar-refractivity contribution in [1.82, 2.24) is 0 Å². The van der Waals surface area contributed by atoms with Gasteiger partial charge >= 0.3 is 5.97 Å². The quantitative estimate of drug-likeness (QED) is 0.321. The Balaban J connectivity index is 2.54. The minimum atomic E-state index is -0.852. The first kappa shape index (κ1) is 15.8. The second kappa shape index (κ2) is 8.82. The normalized spacial score (nSPS) is 11.9. The number of ether oxygens (including phenoxy) is 1. The first-order chi connectivity index (χ1) is 9.67. The highest BCUT2D eigenvalue weighted by molar-refractivity contribution is 6.38. The fourth-order valence-corrected chi connectivity index (χ4v) is 1.64. The average molecular weight is 277 g/mol. The van der Waals surface area contributed by atoms with E-state index in [4.69, 9.17) is 15.7 Å². The van der Waals surface area contributed by atoms with Gasteiger partial charge in [0.25, 0.3) is 0 Å². The summed E-state index contributed by atoms with van der Waals surface area (Å²) in [5, 5.41) is 12.2. The Hall–Kier alpha value is -2.21. The van der Waals surface area contributed by atoms with E-state index in [9.17, 15) is 4.79 Å². The van der Waals surface area contributed by atoms with E-state index < -0.39 is 5.97 Å². The van der Waals surface area contributed by atoms with Crippen molar-refractivity contribution in [2.45, 2.75) is 12.8 Å². The molecule has 0 heterocycles. The highest BCUT2D eigenvalue weighted by Gasteiger charge is 2.02. The van der Waals surface area contributed by atoms with Gasteiger partial charge in [0.1, 0.15) is 5.71 Å². The van der Waals surface area contributed by atoms with Crippen molar-refractivity contribution in [3.63, 3.8) is 0 Å². The fourth-order valence-electron chi connectivity index (χ4n) is 1.64. The lowest BCUT2D eigenvalue weighted by atomic mass is 10.1. The Morgan fingerprint density at radius 3 is 2.90 bits per heavy atom. The third-order valence-electron chi connectivity index (χ3n) is 2.61. The number of aliphatic carboxylic acids is 1. The Bertz CT molecular complexity index is 498. The third-order valence-corrected chi connectivity index (χ3v) is 2.61. The molecule has 0 bridgehead atoms. The molecule has 1 aromatic carbocycles. The number of rotatable bonds is 8. The molecule has 20 heavy (non-hydrogen) atoms. The molecular weight excluding hydrogens is 258 g/mol. The van der Waals surface area contributed by atoms with Gasteiger partial charge in [-0.2, -0.15) is 5.10 Å². The number of aliphatic imine (C=N–C) groups is 1. The minimum Gasteiger partial charge on any atom is -0.481 e. The molecule has 6 heteroatoms. The summed E-state index contributed by atoms with van der Waals surface area (Å²) in [6.45, 7) is 0.709. The number of hydrazone groups is 1. The zero-order valence-corrected chi connectivity index (χ0v) is 11.5. The van der Waals surface area contributed by atoms with Gasteiger partial charge in [-0.3, -0.25) is 9.79 Å². The first-order valence-electron chi connectivity index (χ1n) is 6.26. The summed E-state index contributed by atoms with van der Waals surface area (Å²) >= 11 is 0. The maximum Gasteiger partial charge on any atom is 0.305 e. The van der Waals surface area contributed by atoms with E-state index in [1.165, 1.54) is 0 Å². The Morgan fingerprint density at radius 1 is 1.45 bits per heavy atom. The summed E-state index contributed by atoms with van der Waals surface area (Å²) in [6, 6.07) is 7.76. The minimum absolute atomic E-state index is 0.0248. The lowest BCUT2D eigenvalue weighted by Gasteiger charge is -2.05.